The number of pyridine rings is 2. The standard InChI is InChI=1S/C23H22N4O3/c1-24-23(29)21-13-20(8-10-26-21)30-19-7-5-15-4-6-18(11-17(15)12-19)27-22(28)16-3-2-9-25-14-16/h2-3,5,7-10,12-14,18H,4,6,11H2,1H3,(H,24,29)(H,27,28). The van der Waals surface area contributed by atoms with Crippen molar-refractivity contribution in [2.24, 2.45) is 0 Å². The van der Waals surface area contributed by atoms with Crippen LogP contribution >= 0.6 is 0 Å². The fraction of sp³-hybridized carbons (Fsp3) is 0.217. The minimum absolute atomic E-state index is 0.0567. The van der Waals surface area contributed by atoms with E-state index in [9.17, 15) is 9.59 Å². The number of hydrogen-bond acceptors (Lipinski definition) is 5. The zero-order valence-electron chi connectivity index (χ0n) is 16.6. The Morgan fingerprint density at radius 1 is 1.03 bits per heavy atom. The highest BCUT2D eigenvalue weighted by molar-refractivity contribution is 5.94. The van der Waals surface area contributed by atoms with E-state index >= 15 is 0 Å². The molecule has 2 N–H and O–H groups in total. The van der Waals surface area contributed by atoms with Gasteiger partial charge in [-0.15, -0.1) is 0 Å². The third kappa shape index (κ3) is 4.46. The van der Waals surface area contributed by atoms with Crippen molar-refractivity contribution in [1.29, 1.82) is 0 Å². The van der Waals surface area contributed by atoms with Gasteiger partial charge in [0.05, 0.1) is 5.56 Å². The third-order valence-electron chi connectivity index (χ3n) is 5.09. The fourth-order valence-corrected chi connectivity index (χ4v) is 3.55. The number of aromatic nitrogens is 2. The molecule has 3 aromatic rings. The van der Waals surface area contributed by atoms with E-state index in [1.165, 1.54) is 5.56 Å². The fourth-order valence-electron chi connectivity index (χ4n) is 3.55. The molecule has 2 amide bonds. The van der Waals surface area contributed by atoms with Gasteiger partial charge in [0.25, 0.3) is 11.8 Å². The lowest BCUT2D eigenvalue weighted by Crippen LogP contribution is -2.38. The minimum Gasteiger partial charge on any atom is -0.457 e. The Morgan fingerprint density at radius 3 is 2.70 bits per heavy atom. The lowest BCUT2D eigenvalue weighted by molar-refractivity contribution is 0.0931. The van der Waals surface area contributed by atoms with Gasteiger partial charge < -0.3 is 15.4 Å². The average Bonchev–Trinajstić information content (AvgIpc) is 2.79. The number of rotatable bonds is 5. The van der Waals surface area contributed by atoms with Gasteiger partial charge in [-0.25, -0.2) is 0 Å². The summed E-state index contributed by atoms with van der Waals surface area (Å²) in [5, 5.41) is 5.65. The number of amides is 2. The number of carbonyl (C=O) groups excluding carboxylic acids is 2. The van der Waals surface area contributed by atoms with E-state index in [1.54, 1.807) is 49.9 Å². The van der Waals surface area contributed by atoms with Crippen LogP contribution < -0.4 is 15.4 Å². The van der Waals surface area contributed by atoms with Crippen LogP contribution in [0, 0.1) is 0 Å². The average molecular weight is 402 g/mol. The van der Waals surface area contributed by atoms with E-state index in [0.29, 0.717) is 22.8 Å². The van der Waals surface area contributed by atoms with Crippen molar-refractivity contribution in [3.63, 3.8) is 0 Å². The second-order valence-electron chi connectivity index (χ2n) is 7.14. The molecule has 0 bridgehead atoms. The lowest BCUT2D eigenvalue weighted by Gasteiger charge is -2.26. The Bertz CT molecular complexity index is 1070. The van der Waals surface area contributed by atoms with Crippen LogP contribution in [0.5, 0.6) is 11.5 Å². The molecular formula is C23H22N4O3. The molecule has 2 aromatic heterocycles. The summed E-state index contributed by atoms with van der Waals surface area (Å²) in [6.45, 7) is 0. The molecule has 7 nitrogen and oxygen atoms in total. The molecule has 1 aliphatic carbocycles. The van der Waals surface area contributed by atoms with E-state index in [-0.39, 0.29) is 17.9 Å². The van der Waals surface area contributed by atoms with Gasteiger partial charge in [0.15, 0.2) is 0 Å². The molecule has 1 aromatic carbocycles. The first kappa shape index (κ1) is 19.6. The monoisotopic (exact) mass is 402 g/mol. The molecule has 0 spiro atoms. The van der Waals surface area contributed by atoms with Gasteiger partial charge in [-0.2, -0.15) is 0 Å². The Hall–Kier alpha value is -3.74. The van der Waals surface area contributed by atoms with Gasteiger partial charge in [0.2, 0.25) is 0 Å². The van der Waals surface area contributed by atoms with Crippen LogP contribution in [0.1, 0.15) is 38.4 Å². The lowest BCUT2D eigenvalue weighted by atomic mass is 9.88. The van der Waals surface area contributed by atoms with E-state index < -0.39 is 0 Å². The Labute approximate surface area is 174 Å². The molecule has 0 radical (unpaired) electrons. The summed E-state index contributed by atoms with van der Waals surface area (Å²) in [6.07, 6.45) is 7.28. The molecule has 0 saturated heterocycles. The number of nitrogens with one attached hydrogen (secondary N) is 2. The molecule has 0 fully saturated rings. The maximum atomic E-state index is 12.4. The quantitative estimate of drug-likeness (QED) is 0.685. The van der Waals surface area contributed by atoms with E-state index in [2.05, 4.69) is 26.7 Å². The summed E-state index contributed by atoms with van der Waals surface area (Å²) in [5.74, 6) is 0.850. The number of fused-ring (bicyclic) bond motifs is 1. The topological polar surface area (TPSA) is 93.2 Å². The number of benzene rings is 1. The molecule has 2 heterocycles. The van der Waals surface area contributed by atoms with Crippen LogP contribution in [0.25, 0.3) is 0 Å². The maximum Gasteiger partial charge on any atom is 0.269 e. The molecule has 1 aliphatic rings. The zero-order chi connectivity index (χ0) is 20.9. The summed E-state index contributed by atoms with van der Waals surface area (Å²) in [4.78, 5) is 32.2. The van der Waals surface area contributed by atoms with Crippen molar-refractivity contribution in [3.8, 4) is 11.5 Å². The highest BCUT2D eigenvalue weighted by atomic mass is 16.5. The van der Waals surface area contributed by atoms with Crippen LogP contribution in [0.15, 0.2) is 61.1 Å². The summed E-state index contributed by atoms with van der Waals surface area (Å²) in [5.41, 5.74) is 3.27. The minimum atomic E-state index is -0.266. The first-order chi connectivity index (χ1) is 14.6. The normalized spacial score (nSPS) is 15.0. The molecule has 0 aliphatic heterocycles. The Kier molecular flexibility index (Phi) is 5.70. The van der Waals surface area contributed by atoms with Crippen LogP contribution in [-0.2, 0) is 12.8 Å². The molecule has 152 valence electrons. The van der Waals surface area contributed by atoms with Crippen LogP contribution in [0.3, 0.4) is 0 Å². The van der Waals surface area contributed by atoms with Crippen molar-refractivity contribution in [1.82, 2.24) is 20.6 Å². The van der Waals surface area contributed by atoms with E-state index in [4.69, 9.17) is 4.74 Å². The van der Waals surface area contributed by atoms with Crippen LogP contribution in [0.4, 0.5) is 0 Å². The summed E-state index contributed by atoms with van der Waals surface area (Å²) >= 11 is 0. The Balaban J connectivity index is 1.46. The summed E-state index contributed by atoms with van der Waals surface area (Å²) < 4.78 is 5.95. The predicted molar refractivity (Wildman–Crippen MR) is 112 cm³/mol. The Morgan fingerprint density at radius 2 is 1.90 bits per heavy atom. The van der Waals surface area contributed by atoms with Crippen molar-refractivity contribution in [2.45, 2.75) is 25.3 Å². The number of carbonyl (C=O) groups is 2. The smallest absolute Gasteiger partial charge is 0.269 e. The molecule has 4 rings (SSSR count). The van der Waals surface area contributed by atoms with Crippen molar-refractivity contribution in [3.05, 3.63) is 83.4 Å². The molecule has 7 heteroatoms. The van der Waals surface area contributed by atoms with E-state index in [0.717, 1.165) is 24.8 Å². The first-order valence-electron chi connectivity index (χ1n) is 9.81. The maximum absolute atomic E-state index is 12.4. The highest BCUT2D eigenvalue weighted by Crippen LogP contribution is 2.29. The van der Waals surface area contributed by atoms with Crippen molar-refractivity contribution >= 4 is 11.8 Å². The van der Waals surface area contributed by atoms with Gasteiger partial charge in [0, 0.05) is 37.7 Å². The van der Waals surface area contributed by atoms with Gasteiger partial charge >= 0.3 is 0 Å². The molecule has 0 saturated carbocycles. The number of hydrogen-bond donors (Lipinski definition) is 2. The molecule has 1 atom stereocenters. The van der Waals surface area contributed by atoms with Crippen molar-refractivity contribution < 1.29 is 14.3 Å². The van der Waals surface area contributed by atoms with Crippen LogP contribution in [-0.4, -0.2) is 34.9 Å². The largest absolute Gasteiger partial charge is 0.457 e. The molecule has 1 unspecified atom stereocenters. The van der Waals surface area contributed by atoms with Crippen molar-refractivity contribution in [2.75, 3.05) is 7.05 Å². The predicted octanol–water partition coefficient (Wildman–Crippen LogP) is 2.92. The van der Waals surface area contributed by atoms with Gasteiger partial charge in [0.1, 0.15) is 17.2 Å². The second kappa shape index (κ2) is 8.73. The molecular weight excluding hydrogens is 380 g/mol. The van der Waals surface area contributed by atoms with Gasteiger partial charge in [-0.3, -0.25) is 19.6 Å². The van der Waals surface area contributed by atoms with Crippen LogP contribution in [0.2, 0.25) is 0 Å². The summed E-state index contributed by atoms with van der Waals surface area (Å²) in [7, 11) is 1.56. The number of ether oxygens (including phenoxy) is 1. The SMILES string of the molecule is CNC(=O)c1cc(Oc2ccc3c(c2)CC(NC(=O)c2cccnc2)CC3)ccn1. The van der Waals surface area contributed by atoms with Gasteiger partial charge in [-0.1, -0.05) is 6.07 Å². The third-order valence-corrected chi connectivity index (χ3v) is 5.09. The molecule has 30 heavy (non-hydrogen) atoms. The van der Waals surface area contributed by atoms with E-state index in [1.807, 2.05) is 12.1 Å². The van der Waals surface area contributed by atoms with Gasteiger partial charge in [-0.05, 0) is 60.7 Å². The number of aryl methyl sites for hydroxylation is 1. The first-order valence-corrected chi connectivity index (χ1v) is 9.81. The second-order valence-corrected chi connectivity index (χ2v) is 7.14. The number of nitrogens with zero attached hydrogens (tertiary/aromatic N) is 2. The highest BCUT2D eigenvalue weighted by Gasteiger charge is 2.21. The summed E-state index contributed by atoms with van der Waals surface area (Å²) in [6, 6.07) is 12.9. The zero-order valence-corrected chi connectivity index (χ0v) is 16.6.